The fraction of sp³-hybridized carbons (Fsp3) is 0.0667. The topological polar surface area (TPSA) is 29.5 Å². The summed E-state index contributed by atoms with van der Waals surface area (Å²) in [5.74, 6) is 0.795. The average molecular weight is 605 g/mol. The molecule has 0 heterocycles. The van der Waals surface area contributed by atoms with Crippen LogP contribution in [0.1, 0.15) is 11.1 Å². The smallest absolute Gasteiger partial charge is 0.127 e. The van der Waals surface area contributed by atoms with Crippen LogP contribution in [-0.2, 0) is 6.42 Å². The Hall–Kier alpha value is -5.70. The molecular weight excluding hydrogens is 572 g/mol. The number of aliphatic hydroxyl groups excluding tert-OH is 1. The number of benzene rings is 8. The molecule has 0 saturated heterocycles. The van der Waals surface area contributed by atoms with Gasteiger partial charge in [0.15, 0.2) is 0 Å². The Morgan fingerprint density at radius 3 is 1.72 bits per heavy atom. The van der Waals surface area contributed by atoms with Gasteiger partial charge in [-0.2, -0.15) is 0 Å². The van der Waals surface area contributed by atoms with E-state index in [0.717, 1.165) is 22.9 Å². The van der Waals surface area contributed by atoms with E-state index in [-0.39, 0.29) is 13.2 Å². The maximum Gasteiger partial charge on any atom is 0.127 e. The van der Waals surface area contributed by atoms with E-state index in [1.54, 1.807) is 0 Å². The average Bonchev–Trinajstić information content (AvgIpc) is 3.51. The molecule has 8 aromatic rings. The molecule has 9 rings (SSSR count). The Bertz CT molecular complexity index is 2480. The van der Waals surface area contributed by atoms with Crippen molar-refractivity contribution in [2.45, 2.75) is 6.42 Å². The van der Waals surface area contributed by atoms with Gasteiger partial charge in [0.2, 0.25) is 0 Å². The summed E-state index contributed by atoms with van der Waals surface area (Å²) < 4.78 is 5.98. The molecule has 0 radical (unpaired) electrons. The monoisotopic (exact) mass is 604 g/mol. The first-order chi connectivity index (χ1) is 23.3. The second-order valence-corrected chi connectivity index (χ2v) is 12.4. The van der Waals surface area contributed by atoms with Gasteiger partial charge in [0.25, 0.3) is 0 Å². The van der Waals surface area contributed by atoms with Crippen molar-refractivity contribution < 1.29 is 9.84 Å². The molecule has 224 valence electrons. The summed E-state index contributed by atoms with van der Waals surface area (Å²) >= 11 is 0. The highest BCUT2D eigenvalue weighted by Gasteiger charge is 2.25. The van der Waals surface area contributed by atoms with Gasteiger partial charge in [-0.05, 0) is 113 Å². The van der Waals surface area contributed by atoms with Crippen LogP contribution in [0.5, 0.6) is 5.75 Å². The summed E-state index contributed by atoms with van der Waals surface area (Å²) in [6, 6.07) is 55.1. The number of fused-ring (bicyclic) bond motifs is 6. The molecule has 0 aromatic heterocycles. The molecule has 47 heavy (non-hydrogen) atoms. The number of hydrogen-bond donors (Lipinski definition) is 1. The zero-order valence-corrected chi connectivity index (χ0v) is 25.9. The Morgan fingerprint density at radius 2 is 1.02 bits per heavy atom. The van der Waals surface area contributed by atoms with Gasteiger partial charge < -0.3 is 9.84 Å². The predicted octanol–water partition coefficient (Wildman–Crippen LogP) is 11.1. The van der Waals surface area contributed by atoms with Crippen LogP contribution in [0.3, 0.4) is 0 Å². The molecule has 0 atom stereocenters. The van der Waals surface area contributed by atoms with Crippen LogP contribution in [0, 0.1) is 0 Å². The zero-order chi connectivity index (χ0) is 31.3. The molecule has 0 fully saturated rings. The summed E-state index contributed by atoms with van der Waals surface area (Å²) in [6.45, 7) is 0.249. The van der Waals surface area contributed by atoms with Crippen molar-refractivity contribution in [3.8, 4) is 50.3 Å². The highest BCUT2D eigenvalue weighted by atomic mass is 16.5. The Balaban J connectivity index is 1.30. The third kappa shape index (κ3) is 4.61. The predicted molar refractivity (Wildman–Crippen MR) is 196 cm³/mol. The first kappa shape index (κ1) is 27.6. The number of aliphatic hydroxyl groups is 1. The summed E-state index contributed by atoms with van der Waals surface area (Å²) in [5.41, 5.74) is 12.7. The summed E-state index contributed by atoms with van der Waals surface area (Å²) in [5, 5.41) is 16.7. The van der Waals surface area contributed by atoms with E-state index in [2.05, 4.69) is 152 Å². The molecule has 0 bridgehead atoms. The van der Waals surface area contributed by atoms with Crippen LogP contribution < -0.4 is 4.74 Å². The van der Waals surface area contributed by atoms with E-state index in [1.807, 2.05) is 0 Å². The molecule has 0 aliphatic heterocycles. The molecule has 0 amide bonds. The van der Waals surface area contributed by atoms with Gasteiger partial charge in [0.05, 0.1) is 6.61 Å². The van der Waals surface area contributed by atoms with Crippen molar-refractivity contribution >= 4 is 32.3 Å². The van der Waals surface area contributed by atoms with E-state index in [4.69, 9.17) is 4.74 Å². The summed E-state index contributed by atoms with van der Waals surface area (Å²) in [4.78, 5) is 0. The third-order valence-corrected chi connectivity index (χ3v) is 9.74. The fourth-order valence-electron chi connectivity index (χ4n) is 7.58. The highest BCUT2D eigenvalue weighted by Crippen LogP contribution is 2.48. The molecule has 8 aromatic carbocycles. The Kier molecular flexibility index (Phi) is 6.62. The van der Waals surface area contributed by atoms with E-state index in [0.29, 0.717) is 0 Å². The lowest BCUT2D eigenvalue weighted by Gasteiger charge is -2.17. The van der Waals surface area contributed by atoms with Gasteiger partial charge in [-0.25, -0.2) is 0 Å². The molecule has 1 N–H and O–H groups in total. The van der Waals surface area contributed by atoms with Crippen LogP contribution in [0.4, 0.5) is 0 Å². The first-order valence-corrected chi connectivity index (χ1v) is 16.3. The normalized spacial score (nSPS) is 12.0. The lowest BCUT2D eigenvalue weighted by Crippen LogP contribution is -2.02. The third-order valence-electron chi connectivity index (χ3n) is 9.74. The minimum atomic E-state index is -0.0182. The largest absolute Gasteiger partial charge is 0.491 e. The quantitative estimate of drug-likeness (QED) is 0.205. The van der Waals surface area contributed by atoms with E-state index >= 15 is 0 Å². The maximum atomic E-state index is 9.46. The van der Waals surface area contributed by atoms with Crippen molar-refractivity contribution in [3.63, 3.8) is 0 Å². The molecule has 0 unspecified atom stereocenters. The van der Waals surface area contributed by atoms with E-state index in [9.17, 15) is 5.11 Å². The summed E-state index contributed by atoms with van der Waals surface area (Å²) in [7, 11) is 0. The molecule has 0 spiro atoms. The van der Waals surface area contributed by atoms with Gasteiger partial charge >= 0.3 is 0 Å². The van der Waals surface area contributed by atoms with Crippen LogP contribution in [0.25, 0.3) is 76.8 Å². The van der Waals surface area contributed by atoms with Crippen LogP contribution in [-0.4, -0.2) is 18.3 Å². The molecule has 1 aliphatic carbocycles. The number of rotatable bonds is 6. The standard InChI is InChI=1S/C45H32O2/c46-23-24-47-45-22-21-39(38-15-5-6-16-40(38)45)42-27-33(37-18-8-12-30-10-2-4-14-35(30)37)28-43-41-25-31(19-20-32(41)26-44(42)43)36-17-7-11-29-9-1-3-13-34(29)36/h1-22,25,27-28,46H,23-24,26H2. The minimum Gasteiger partial charge on any atom is -0.491 e. The van der Waals surface area contributed by atoms with Gasteiger partial charge in [-0.1, -0.05) is 127 Å². The Morgan fingerprint density at radius 1 is 0.447 bits per heavy atom. The highest BCUT2D eigenvalue weighted by molar-refractivity contribution is 6.05. The molecule has 0 saturated carbocycles. The molecule has 2 heteroatoms. The molecule has 1 aliphatic rings. The SMILES string of the molecule is OCCOc1ccc(-c2cc(-c3cccc4ccccc34)cc3c2Cc2ccc(-c4cccc5ccccc45)cc2-3)c2ccccc12. The second-order valence-electron chi connectivity index (χ2n) is 12.4. The van der Waals surface area contributed by atoms with Crippen LogP contribution in [0.2, 0.25) is 0 Å². The van der Waals surface area contributed by atoms with Crippen molar-refractivity contribution in [1.29, 1.82) is 0 Å². The van der Waals surface area contributed by atoms with Gasteiger partial charge in [0.1, 0.15) is 12.4 Å². The second kappa shape index (κ2) is 11.3. The minimum absolute atomic E-state index is 0.0182. The van der Waals surface area contributed by atoms with Gasteiger partial charge in [0, 0.05) is 5.39 Å². The lowest BCUT2D eigenvalue weighted by molar-refractivity contribution is 0.203. The summed E-state index contributed by atoms with van der Waals surface area (Å²) in [6.07, 6.45) is 0.878. The van der Waals surface area contributed by atoms with E-state index in [1.165, 1.54) is 77.2 Å². The van der Waals surface area contributed by atoms with Gasteiger partial charge in [-0.15, -0.1) is 0 Å². The van der Waals surface area contributed by atoms with Crippen LogP contribution in [0.15, 0.2) is 152 Å². The number of hydrogen-bond acceptors (Lipinski definition) is 2. The van der Waals surface area contributed by atoms with Crippen molar-refractivity contribution in [3.05, 3.63) is 163 Å². The first-order valence-electron chi connectivity index (χ1n) is 16.3. The van der Waals surface area contributed by atoms with E-state index < -0.39 is 0 Å². The zero-order valence-electron chi connectivity index (χ0n) is 25.9. The van der Waals surface area contributed by atoms with Crippen molar-refractivity contribution in [1.82, 2.24) is 0 Å². The van der Waals surface area contributed by atoms with Crippen molar-refractivity contribution in [2.24, 2.45) is 0 Å². The van der Waals surface area contributed by atoms with Gasteiger partial charge in [-0.3, -0.25) is 0 Å². The molecule has 2 nitrogen and oxygen atoms in total. The Labute approximate surface area is 274 Å². The maximum absolute atomic E-state index is 9.46. The lowest BCUT2D eigenvalue weighted by atomic mass is 9.87. The fourth-order valence-corrected chi connectivity index (χ4v) is 7.58. The number of ether oxygens (including phenoxy) is 1. The van der Waals surface area contributed by atoms with Crippen molar-refractivity contribution in [2.75, 3.05) is 13.2 Å². The molecular formula is C45H32O2. The van der Waals surface area contributed by atoms with Crippen LogP contribution >= 0.6 is 0 Å².